The van der Waals surface area contributed by atoms with Crippen LogP contribution in [0, 0.1) is 0 Å². The average Bonchev–Trinajstić information content (AvgIpc) is 2.57. The largest absolute Gasteiger partial charge is 0.349 e. The van der Waals surface area contributed by atoms with Crippen LogP contribution < -0.4 is 5.32 Å². The number of piperidine rings is 1. The second kappa shape index (κ2) is 8.49. The number of hydrogen-bond donors (Lipinski definition) is 1. The Kier molecular flexibility index (Phi) is 6.85. The van der Waals surface area contributed by atoms with Gasteiger partial charge in [0.2, 0.25) is 10.0 Å². The molecule has 1 aromatic carbocycles. The summed E-state index contributed by atoms with van der Waals surface area (Å²) in [5.41, 5.74) is 0.306. The Labute approximate surface area is 155 Å². The van der Waals surface area contributed by atoms with Crippen molar-refractivity contribution >= 4 is 27.5 Å². The van der Waals surface area contributed by atoms with Gasteiger partial charge in [-0.05, 0) is 44.0 Å². The zero-order valence-corrected chi connectivity index (χ0v) is 16.5. The van der Waals surface area contributed by atoms with Crippen LogP contribution in [-0.4, -0.2) is 63.3 Å². The second-order valence-electron chi connectivity index (χ2n) is 6.52. The van der Waals surface area contributed by atoms with Gasteiger partial charge in [0.05, 0.1) is 5.02 Å². The SMILES string of the molecule is CCCN1CCC(NC(=O)c2ccc(Cl)c(S(=O)(=O)N(C)C)c2)CC1. The number of nitrogens with zero attached hydrogens (tertiary/aromatic N) is 2. The molecule has 0 saturated carbocycles. The molecule has 25 heavy (non-hydrogen) atoms. The predicted octanol–water partition coefficient (Wildman–Crippen LogP) is 2.19. The molecule has 2 rings (SSSR count). The zero-order chi connectivity index (χ0) is 18.6. The molecule has 1 aromatic rings. The van der Waals surface area contributed by atoms with Gasteiger partial charge in [0.1, 0.15) is 4.90 Å². The van der Waals surface area contributed by atoms with Gasteiger partial charge < -0.3 is 10.2 Å². The molecule has 140 valence electrons. The third kappa shape index (κ3) is 4.94. The number of rotatable bonds is 6. The fraction of sp³-hybridized carbons (Fsp3) is 0.588. The highest BCUT2D eigenvalue weighted by molar-refractivity contribution is 7.89. The Morgan fingerprint density at radius 2 is 1.96 bits per heavy atom. The number of sulfonamides is 1. The third-order valence-corrected chi connectivity index (χ3v) is 6.71. The van der Waals surface area contributed by atoms with E-state index in [1.807, 2.05) is 0 Å². The fourth-order valence-corrected chi connectivity index (χ4v) is 4.32. The van der Waals surface area contributed by atoms with E-state index in [1.165, 1.54) is 26.2 Å². The summed E-state index contributed by atoms with van der Waals surface area (Å²) in [6.45, 7) is 5.19. The van der Waals surface area contributed by atoms with Crippen molar-refractivity contribution in [3.05, 3.63) is 28.8 Å². The van der Waals surface area contributed by atoms with E-state index in [9.17, 15) is 13.2 Å². The Hall–Kier alpha value is -1.15. The molecular formula is C17H26ClN3O3S. The Morgan fingerprint density at radius 1 is 1.32 bits per heavy atom. The van der Waals surface area contributed by atoms with Crippen LogP contribution >= 0.6 is 11.6 Å². The molecule has 1 aliphatic heterocycles. The van der Waals surface area contributed by atoms with Crippen molar-refractivity contribution in [3.63, 3.8) is 0 Å². The lowest BCUT2D eigenvalue weighted by atomic mass is 10.0. The van der Waals surface area contributed by atoms with Gasteiger partial charge in [-0.15, -0.1) is 0 Å². The maximum atomic E-state index is 12.5. The van der Waals surface area contributed by atoms with E-state index in [0.717, 1.165) is 43.2 Å². The first-order valence-electron chi connectivity index (χ1n) is 8.51. The lowest BCUT2D eigenvalue weighted by Gasteiger charge is -2.32. The first-order valence-corrected chi connectivity index (χ1v) is 10.3. The molecule has 0 atom stereocenters. The molecule has 8 heteroatoms. The van der Waals surface area contributed by atoms with Gasteiger partial charge in [-0.3, -0.25) is 4.79 Å². The molecule has 1 amide bonds. The predicted molar refractivity (Wildman–Crippen MR) is 99.5 cm³/mol. The van der Waals surface area contributed by atoms with Crippen molar-refractivity contribution in [2.24, 2.45) is 0 Å². The molecular weight excluding hydrogens is 362 g/mol. The smallest absolute Gasteiger partial charge is 0.251 e. The molecule has 1 N–H and O–H groups in total. The van der Waals surface area contributed by atoms with Gasteiger partial charge in [0.15, 0.2) is 0 Å². The number of carbonyl (C=O) groups excluding carboxylic acids is 1. The van der Waals surface area contributed by atoms with Gasteiger partial charge in [0.25, 0.3) is 5.91 Å². The average molecular weight is 388 g/mol. The lowest BCUT2D eigenvalue weighted by Crippen LogP contribution is -2.44. The first kappa shape index (κ1) is 20.2. The van der Waals surface area contributed by atoms with Gasteiger partial charge in [-0.1, -0.05) is 18.5 Å². The summed E-state index contributed by atoms with van der Waals surface area (Å²) in [6.07, 6.45) is 2.94. The van der Waals surface area contributed by atoms with E-state index in [2.05, 4.69) is 17.1 Å². The Balaban J connectivity index is 2.08. The number of benzene rings is 1. The standard InChI is InChI=1S/C17H26ClN3O3S/c1-4-9-21-10-7-14(8-11-21)19-17(22)13-5-6-15(18)16(12-13)25(23,24)20(2)3/h5-6,12,14H,4,7-11H2,1-3H3,(H,19,22). The summed E-state index contributed by atoms with van der Waals surface area (Å²) in [4.78, 5) is 14.8. The van der Waals surface area contributed by atoms with E-state index in [0.29, 0.717) is 5.56 Å². The second-order valence-corrected chi connectivity index (χ2v) is 9.05. The van der Waals surface area contributed by atoms with Crippen molar-refractivity contribution in [1.29, 1.82) is 0 Å². The van der Waals surface area contributed by atoms with Crippen molar-refractivity contribution < 1.29 is 13.2 Å². The monoisotopic (exact) mass is 387 g/mol. The summed E-state index contributed by atoms with van der Waals surface area (Å²) in [5, 5.41) is 3.12. The van der Waals surface area contributed by atoms with Crippen LogP contribution in [0.15, 0.2) is 23.1 Å². The molecule has 1 heterocycles. The third-order valence-electron chi connectivity index (χ3n) is 4.41. The lowest BCUT2D eigenvalue weighted by molar-refractivity contribution is 0.0911. The normalized spacial score (nSPS) is 17.0. The minimum atomic E-state index is -3.70. The van der Waals surface area contributed by atoms with E-state index in [-0.39, 0.29) is 21.9 Å². The molecule has 1 aliphatic rings. The van der Waals surface area contributed by atoms with Crippen molar-refractivity contribution in [2.75, 3.05) is 33.7 Å². The van der Waals surface area contributed by atoms with Gasteiger partial charge >= 0.3 is 0 Å². The maximum Gasteiger partial charge on any atom is 0.251 e. The number of nitrogens with one attached hydrogen (secondary N) is 1. The van der Waals surface area contributed by atoms with Crippen LogP contribution in [0.2, 0.25) is 5.02 Å². The molecule has 1 saturated heterocycles. The van der Waals surface area contributed by atoms with Crippen molar-refractivity contribution in [2.45, 2.75) is 37.1 Å². The fourth-order valence-electron chi connectivity index (χ4n) is 2.92. The van der Waals surface area contributed by atoms with Gasteiger partial charge in [0, 0.05) is 38.8 Å². The number of likely N-dealkylation sites (tertiary alicyclic amines) is 1. The molecule has 0 bridgehead atoms. The van der Waals surface area contributed by atoms with Crippen LogP contribution in [0.3, 0.4) is 0 Å². The van der Waals surface area contributed by atoms with Gasteiger partial charge in [-0.2, -0.15) is 0 Å². The Morgan fingerprint density at radius 3 is 2.52 bits per heavy atom. The first-order chi connectivity index (χ1) is 11.8. The summed E-state index contributed by atoms with van der Waals surface area (Å²) < 4.78 is 25.7. The summed E-state index contributed by atoms with van der Waals surface area (Å²) in [5.74, 6) is -0.263. The zero-order valence-electron chi connectivity index (χ0n) is 15.0. The number of carbonyl (C=O) groups is 1. The highest BCUT2D eigenvalue weighted by Gasteiger charge is 2.24. The minimum absolute atomic E-state index is 0.0513. The van der Waals surface area contributed by atoms with E-state index >= 15 is 0 Å². The highest BCUT2D eigenvalue weighted by atomic mass is 35.5. The van der Waals surface area contributed by atoms with Gasteiger partial charge in [-0.25, -0.2) is 12.7 Å². The number of hydrogen-bond acceptors (Lipinski definition) is 4. The molecule has 0 radical (unpaired) electrons. The minimum Gasteiger partial charge on any atom is -0.349 e. The van der Waals surface area contributed by atoms with Crippen LogP contribution in [-0.2, 0) is 10.0 Å². The van der Waals surface area contributed by atoms with Crippen molar-refractivity contribution in [3.8, 4) is 0 Å². The molecule has 1 fully saturated rings. The molecule has 0 unspecified atom stereocenters. The number of halogens is 1. The molecule has 0 spiro atoms. The number of amides is 1. The van der Waals surface area contributed by atoms with Crippen LogP contribution in [0.4, 0.5) is 0 Å². The molecule has 0 aromatic heterocycles. The van der Waals surface area contributed by atoms with E-state index in [1.54, 1.807) is 6.07 Å². The van der Waals surface area contributed by atoms with Crippen LogP contribution in [0.5, 0.6) is 0 Å². The van der Waals surface area contributed by atoms with Crippen LogP contribution in [0.25, 0.3) is 0 Å². The summed E-state index contributed by atoms with van der Waals surface area (Å²) >= 11 is 6.02. The van der Waals surface area contributed by atoms with E-state index in [4.69, 9.17) is 11.6 Å². The topological polar surface area (TPSA) is 69.7 Å². The highest BCUT2D eigenvalue weighted by Crippen LogP contribution is 2.25. The molecule has 6 nitrogen and oxygen atoms in total. The summed E-state index contributed by atoms with van der Waals surface area (Å²) in [7, 11) is -0.830. The maximum absolute atomic E-state index is 12.5. The quantitative estimate of drug-likeness (QED) is 0.812. The van der Waals surface area contributed by atoms with Crippen molar-refractivity contribution in [1.82, 2.24) is 14.5 Å². The van der Waals surface area contributed by atoms with E-state index < -0.39 is 10.0 Å². The van der Waals surface area contributed by atoms with Crippen LogP contribution in [0.1, 0.15) is 36.5 Å². The summed E-state index contributed by atoms with van der Waals surface area (Å²) in [6, 6.07) is 4.47. The molecule has 0 aliphatic carbocycles. The Bertz CT molecular complexity index is 714.